The fourth-order valence-electron chi connectivity index (χ4n) is 2.68. The molecule has 0 radical (unpaired) electrons. The lowest BCUT2D eigenvalue weighted by Gasteiger charge is -2.23. The van der Waals surface area contributed by atoms with Gasteiger partial charge >= 0.3 is 0 Å². The quantitative estimate of drug-likeness (QED) is 0.587. The fourth-order valence-corrected chi connectivity index (χ4v) is 3.53. The van der Waals surface area contributed by atoms with Crippen molar-refractivity contribution < 1.29 is 22.7 Å². The van der Waals surface area contributed by atoms with Gasteiger partial charge in [-0.25, -0.2) is 8.42 Å². The Labute approximate surface area is 179 Å². The van der Waals surface area contributed by atoms with E-state index >= 15 is 0 Å². The SMILES string of the molecule is CCCOc1ccc(N(CC(=O)NC(C)COc2ccc(C)cc2)S(C)(=O)=O)cc1. The van der Waals surface area contributed by atoms with E-state index in [0.29, 0.717) is 23.8 Å². The van der Waals surface area contributed by atoms with Gasteiger partial charge in [-0.05, 0) is 56.7 Å². The van der Waals surface area contributed by atoms with Crippen LogP contribution in [0.3, 0.4) is 0 Å². The third-order valence-electron chi connectivity index (χ3n) is 4.21. The lowest BCUT2D eigenvalue weighted by Crippen LogP contribution is -2.44. The molecule has 0 aliphatic heterocycles. The number of amides is 1. The predicted octanol–water partition coefficient (Wildman–Crippen LogP) is 3.13. The minimum absolute atomic E-state index is 0.275. The number of sulfonamides is 1. The molecule has 0 bridgehead atoms. The van der Waals surface area contributed by atoms with E-state index in [1.165, 1.54) is 0 Å². The van der Waals surface area contributed by atoms with E-state index in [9.17, 15) is 13.2 Å². The van der Waals surface area contributed by atoms with Crippen LogP contribution < -0.4 is 19.1 Å². The van der Waals surface area contributed by atoms with E-state index < -0.39 is 15.9 Å². The van der Waals surface area contributed by atoms with Gasteiger partial charge < -0.3 is 14.8 Å². The maximum Gasteiger partial charge on any atom is 0.241 e. The Morgan fingerprint density at radius 2 is 1.60 bits per heavy atom. The molecule has 0 aliphatic carbocycles. The predicted molar refractivity (Wildman–Crippen MR) is 119 cm³/mol. The molecule has 0 fully saturated rings. The number of nitrogens with zero attached hydrogens (tertiary/aromatic N) is 1. The molecule has 7 nitrogen and oxygen atoms in total. The smallest absolute Gasteiger partial charge is 0.241 e. The average Bonchev–Trinajstić information content (AvgIpc) is 2.70. The fraction of sp³-hybridized carbons (Fsp3) is 0.409. The van der Waals surface area contributed by atoms with Crippen LogP contribution in [0.4, 0.5) is 5.69 Å². The van der Waals surface area contributed by atoms with Gasteiger partial charge in [0.1, 0.15) is 24.7 Å². The molecular weight excluding hydrogens is 404 g/mol. The number of hydrogen-bond donors (Lipinski definition) is 1. The number of ether oxygens (including phenoxy) is 2. The largest absolute Gasteiger partial charge is 0.494 e. The summed E-state index contributed by atoms with van der Waals surface area (Å²) in [6.07, 6.45) is 1.95. The van der Waals surface area contributed by atoms with Crippen LogP contribution in [0.2, 0.25) is 0 Å². The van der Waals surface area contributed by atoms with E-state index in [0.717, 1.165) is 22.5 Å². The first kappa shape index (κ1) is 23.5. The highest BCUT2D eigenvalue weighted by Gasteiger charge is 2.21. The molecule has 30 heavy (non-hydrogen) atoms. The van der Waals surface area contributed by atoms with Crippen molar-refractivity contribution in [1.29, 1.82) is 0 Å². The molecule has 0 saturated heterocycles. The van der Waals surface area contributed by atoms with E-state index in [-0.39, 0.29) is 19.2 Å². The van der Waals surface area contributed by atoms with E-state index in [2.05, 4.69) is 5.32 Å². The summed E-state index contributed by atoms with van der Waals surface area (Å²) in [6, 6.07) is 14.0. The van der Waals surface area contributed by atoms with Crippen molar-refractivity contribution in [2.45, 2.75) is 33.2 Å². The van der Waals surface area contributed by atoms with Crippen LogP contribution in [0, 0.1) is 6.92 Å². The molecule has 0 spiro atoms. The molecule has 1 amide bonds. The summed E-state index contributed by atoms with van der Waals surface area (Å²) >= 11 is 0. The molecule has 1 atom stereocenters. The zero-order chi connectivity index (χ0) is 22.1. The summed E-state index contributed by atoms with van der Waals surface area (Å²) in [4.78, 5) is 12.5. The number of hydrogen-bond acceptors (Lipinski definition) is 5. The number of aryl methyl sites for hydroxylation is 1. The van der Waals surface area contributed by atoms with Crippen molar-refractivity contribution in [1.82, 2.24) is 5.32 Å². The Bertz CT molecular complexity index is 912. The maximum atomic E-state index is 12.5. The molecule has 0 heterocycles. The number of carbonyl (C=O) groups is 1. The minimum atomic E-state index is -3.64. The number of nitrogens with one attached hydrogen (secondary N) is 1. The van der Waals surface area contributed by atoms with E-state index in [4.69, 9.17) is 9.47 Å². The van der Waals surface area contributed by atoms with Crippen LogP contribution in [0.5, 0.6) is 11.5 Å². The van der Waals surface area contributed by atoms with Crippen molar-refractivity contribution in [2.24, 2.45) is 0 Å². The molecule has 1 N–H and O–H groups in total. The second-order valence-corrected chi connectivity index (χ2v) is 9.11. The summed E-state index contributed by atoms with van der Waals surface area (Å²) < 4.78 is 36.7. The zero-order valence-electron chi connectivity index (χ0n) is 17.9. The molecule has 1 unspecified atom stereocenters. The highest BCUT2D eigenvalue weighted by atomic mass is 32.2. The Kier molecular flexibility index (Phi) is 8.53. The molecule has 0 saturated carbocycles. The Morgan fingerprint density at radius 1 is 1.03 bits per heavy atom. The third-order valence-corrected chi connectivity index (χ3v) is 5.35. The summed E-state index contributed by atoms with van der Waals surface area (Å²) in [7, 11) is -3.64. The highest BCUT2D eigenvalue weighted by Crippen LogP contribution is 2.21. The average molecular weight is 435 g/mol. The summed E-state index contributed by atoms with van der Waals surface area (Å²) in [5.41, 5.74) is 1.54. The first-order chi connectivity index (χ1) is 14.2. The topological polar surface area (TPSA) is 84.9 Å². The van der Waals surface area contributed by atoms with Crippen molar-refractivity contribution in [3.8, 4) is 11.5 Å². The van der Waals surface area contributed by atoms with Gasteiger partial charge in [0.15, 0.2) is 0 Å². The number of carbonyl (C=O) groups excluding carboxylic acids is 1. The molecule has 2 aromatic rings. The standard InChI is InChI=1S/C22H30N2O5S/c1-5-14-28-20-12-8-19(9-13-20)24(30(4,26)27)15-22(25)23-18(3)16-29-21-10-6-17(2)7-11-21/h6-13,18H,5,14-16H2,1-4H3,(H,23,25). The van der Waals surface area contributed by atoms with Gasteiger partial charge in [-0.3, -0.25) is 9.10 Å². The van der Waals surface area contributed by atoms with Crippen LogP contribution in [0.15, 0.2) is 48.5 Å². The lowest BCUT2D eigenvalue weighted by molar-refractivity contribution is -0.120. The monoisotopic (exact) mass is 434 g/mol. The Morgan fingerprint density at radius 3 is 2.17 bits per heavy atom. The van der Waals surface area contributed by atoms with Crippen molar-refractivity contribution >= 4 is 21.6 Å². The van der Waals surface area contributed by atoms with Gasteiger partial charge in [0.2, 0.25) is 15.9 Å². The van der Waals surface area contributed by atoms with Crippen LogP contribution in [0.25, 0.3) is 0 Å². The number of anilines is 1. The van der Waals surface area contributed by atoms with Crippen molar-refractivity contribution in [2.75, 3.05) is 30.3 Å². The van der Waals surface area contributed by atoms with Crippen molar-refractivity contribution in [3.05, 3.63) is 54.1 Å². The lowest BCUT2D eigenvalue weighted by atomic mass is 10.2. The first-order valence-corrected chi connectivity index (χ1v) is 11.7. The second-order valence-electron chi connectivity index (χ2n) is 7.20. The van der Waals surface area contributed by atoms with Crippen molar-refractivity contribution in [3.63, 3.8) is 0 Å². The van der Waals surface area contributed by atoms with Crippen LogP contribution in [-0.4, -0.2) is 46.4 Å². The molecule has 164 valence electrons. The van der Waals surface area contributed by atoms with Crippen LogP contribution in [0.1, 0.15) is 25.8 Å². The molecule has 2 aromatic carbocycles. The second kappa shape index (κ2) is 10.9. The highest BCUT2D eigenvalue weighted by molar-refractivity contribution is 7.92. The Balaban J connectivity index is 1.95. The normalized spacial score (nSPS) is 12.1. The van der Waals surface area contributed by atoms with Gasteiger partial charge in [-0.15, -0.1) is 0 Å². The third kappa shape index (κ3) is 7.59. The van der Waals surface area contributed by atoms with Gasteiger partial charge in [0.05, 0.1) is 24.6 Å². The van der Waals surface area contributed by atoms with Crippen LogP contribution in [-0.2, 0) is 14.8 Å². The molecule has 0 aromatic heterocycles. The van der Waals surface area contributed by atoms with E-state index in [1.54, 1.807) is 31.2 Å². The zero-order valence-corrected chi connectivity index (χ0v) is 18.7. The van der Waals surface area contributed by atoms with Gasteiger partial charge in [0.25, 0.3) is 0 Å². The van der Waals surface area contributed by atoms with Gasteiger partial charge in [-0.2, -0.15) is 0 Å². The summed E-state index contributed by atoms with van der Waals surface area (Å²) in [5.74, 6) is 0.956. The van der Waals surface area contributed by atoms with E-state index in [1.807, 2.05) is 38.1 Å². The minimum Gasteiger partial charge on any atom is -0.494 e. The van der Waals surface area contributed by atoms with Gasteiger partial charge in [-0.1, -0.05) is 24.6 Å². The summed E-state index contributed by atoms with van der Waals surface area (Å²) in [6.45, 7) is 6.34. The molecular formula is C22H30N2O5S. The number of benzene rings is 2. The number of rotatable bonds is 11. The molecule has 2 rings (SSSR count). The van der Waals surface area contributed by atoms with Crippen LogP contribution >= 0.6 is 0 Å². The summed E-state index contributed by atoms with van der Waals surface area (Å²) in [5, 5.41) is 2.78. The molecule has 0 aliphatic rings. The first-order valence-electron chi connectivity index (χ1n) is 9.88. The van der Waals surface area contributed by atoms with Gasteiger partial charge in [0, 0.05) is 0 Å². The maximum absolute atomic E-state index is 12.5. The Hall–Kier alpha value is -2.74. The molecule has 8 heteroatoms.